The van der Waals surface area contributed by atoms with Crippen LogP contribution in [0.2, 0.25) is 0 Å². The zero-order valence-electron chi connectivity index (χ0n) is 16.5. The Morgan fingerprint density at radius 1 is 1.24 bits per heavy atom. The fourth-order valence-corrected chi connectivity index (χ4v) is 5.19. The van der Waals surface area contributed by atoms with E-state index in [1.165, 1.54) is 6.07 Å². The number of fused-ring (bicyclic) bond motifs is 3. The average Bonchev–Trinajstić information content (AvgIpc) is 2.98. The predicted molar refractivity (Wildman–Crippen MR) is 118 cm³/mol. The molecule has 1 N–H and O–H groups in total. The third kappa shape index (κ3) is 3.54. The maximum Gasteiger partial charge on any atom is 0.418 e. The number of nitrogens with one attached hydrogen (secondary N) is 1. The van der Waals surface area contributed by atoms with Crippen molar-refractivity contribution >= 4 is 39.9 Å². The molecule has 0 saturated carbocycles. The van der Waals surface area contributed by atoms with Gasteiger partial charge in [0.15, 0.2) is 0 Å². The number of piperidine rings is 1. The van der Waals surface area contributed by atoms with Crippen LogP contribution >= 0.6 is 22.9 Å². The monoisotopic (exact) mass is 517 g/mol. The molecular formula is C21H23F3IN3O. The summed E-state index contributed by atoms with van der Waals surface area (Å²) < 4.78 is 49.4. The van der Waals surface area contributed by atoms with Crippen molar-refractivity contribution in [3.63, 3.8) is 0 Å². The maximum atomic E-state index is 14.1. The van der Waals surface area contributed by atoms with Crippen molar-refractivity contribution in [3.05, 3.63) is 47.0 Å². The number of hydrogen-bond donors (Lipinski definition) is 1. The summed E-state index contributed by atoms with van der Waals surface area (Å²) in [7, 11) is 3.35. The molecule has 0 radical (unpaired) electrons. The van der Waals surface area contributed by atoms with Gasteiger partial charge in [-0.05, 0) is 55.3 Å². The first kappa shape index (κ1) is 20.6. The number of halogens is 4. The highest BCUT2D eigenvalue weighted by Crippen LogP contribution is 2.51. The van der Waals surface area contributed by atoms with E-state index in [0.29, 0.717) is 23.7 Å². The number of ether oxygens (including phenoxy) is 1. The Kier molecular flexibility index (Phi) is 5.35. The summed E-state index contributed by atoms with van der Waals surface area (Å²) in [5.74, 6) is 0.669. The van der Waals surface area contributed by atoms with Crippen LogP contribution in [0.4, 0.5) is 30.2 Å². The van der Waals surface area contributed by atoms with Gasteiger partial charge in [0.05, 0.1) is 52.6 Å². The lowest BCUT2D eigenvalue weighted by atomic mass is 9.89. The lowest BCUT2D eigenvalue weighted by molar-refractivity contribution is -0.137. The second-order valence-corrected chi connectivity index (χ2v) is 8.63. The molecule has 0 bridgehead atoms. The van der Waals surface area contributed by atoms with Gasteiger partial charge < -0.3 is 15.0 Å². The second kappa shape index (κ2) is 7.54. The molecule has 29 heavy (non-hydrogen) atoms. The molecule has 0 spiro atoms. The molecule has 1 saturated heterocycles. The highest BCUT2D eigenvalue weighted by atomic mass is 127. The summed E-state index contributed by atoms with van der Waals surface area (Å²) >= 11 is 2.06. The van der Waals surface area contributed by atoms with Crippen LogP contribution in [0.5, 0.6) is 5.75 Å². The molecule has 2 aliphatic heterocycles. The van der Waals surface area contributed by atoms with E-state index in [1.54, 1.807) is 17.3 Å². The summed E-state index contributed by atoms with van der Waals surface area (Å²) in [5, 5.41) is 3.34. The van der Waals surface area contributed by atoms with Gasteiger partial charge in [-0.15, -0.1) is 0 Å². The number of anilines is 3. The predicted octanol–water partition coefficient (Wildman–Crippen LogP) is 5.41. The van der Waals surface area contributed by atoms with Gasteiger partial charge in [-0.25, -0.2) is 0 Å². The second-order valence-electron chi connectivity index (χ2n) is 7.66. The Morgan fingerprint density at radius 3 is 2.69 bits per heavy atom. The lowest BCUT2D eigenvalue weighted by Crippen LogP contribution is -2.42. The minimum atomic E-state index is -4.43. The first-order valence-electron chi connectivity index (χ1n) is 9.51. The van der Waals surface area contributed by atoms with Crippen molar-refractivity contribution < 1.29 is 17.9 Å². The zero-order chi connectivity index (χ0) is 20.9. The molecule has 2 heterocycles. The van der Waals surface area contributed by atoms with Crippen molar-refractivity contribution in [3.8, 4) is 5.75 Å². The standard InChI is InChI=1S/C21H23F3IN3O/c1-12-4-5-19(29-3)18(8-12)28(25)13-9-14-15-11-26-7-6-17(15)27(2)20(14)16(10-13)21(22,23)24/h4-5,8-10,15,17,26H,6-7,11H2,1-3H3/t15-,17-/m0/s1. The molecule has 2 aromatic carbocycles. The van der Waals surface area contributed by atoms with Crippen LogP contribution in [0.25, 0.3) is 0 Å². The fraction of sp³-hybridized carbons (Fsp3) is 0.429. The quantitative estimate of drug-likeness (QED) is 0.436. The first-order valence-corrected chi connectivity index (χ1v) is 10.5. The number of methoxy groups -OCH3 is 1. The van der Waals surface area contributed by atoms with Gasteiger partial charge in [0, 0.05) is 25.6 Å². The van der Waals surface area contributed by atoms with Crippen LogP contribution in [0, 0.1) is 6.92 Å². The molecule has 4 nitrogen and oxygen atoms in total. The van der Waals surface area contributed by atoms with Crippen LogP contribution in [0.3, 0.4) is 0 Å². The van der Waals surface area contributed by atoms with Gasteiger partial charge in [-0.1, -0.05) is 6.07 Å². The van der Waals surface area contributed by atoms with Gasteiger partial charge in [0.2, 0.25) is 0 Å². The van der Waals surface area contributed by atoms with Gasteiger partial charge in [0.1, 0.15) is 5.75 Å². The van der Waals surface area contributed by atoms with E-state index in [1.807, 2.05) is 36.1 Å². The normalized spacial score (nSPS) is 21.0. The Balaban J connectivity index is 1.88. The molecule has 156 valence electrons. The molecule has 0 aromatic heterocycles. The minimum absolute atomic E-state index is 0.0500. The summed E-state index contributed by atoms with van der Waals surface area (Å²) in [4.78, 5) is 1.83. The lowest BCUT2D eigenvalue weighted by Gasteiger charge is -2.31. The fourth-order valence-electron chi connectivity index (χ4n) is 4.53. The molecule has 2 aliphatic rings. The molecule has 0 aliphatic carbocycles. The van der Waals surface area contributed by atoms with Crippen LogP contribution in [-0.4, -0.2) is 33.3 Å². The maximum absolute atomic E-state index is 14.1. The van der Waals surface area contributed by atoms with E-state index >= 15 is 0 Å². The van der Waals surface area contributed by atoms with Crippen LogP contribution in [0.1, 0.15) is 29.0 Å². The number of rotatable bonds is 3. The van der Waals surface area contributed by atoms with Crippen molar-refractivity contribution in [2.24, 2.45) is 0 Å². The highest BCUT2D eigenvalue weighted by Gasteiger charge is 2.45. The van der Waals surface area contributed by atoms with Gasteiger partial charge in [-0.2, -0.15) is 13.2 Å². The summed E-state index contributed by atoms with van der Waals surface area (Å²) in [6, 6.07) is 8.94. The van der Waals surface area contributed by atoms with E-state index in [9.17, 15) is 13.2 Å². The van der Waals surface area contributed by atoms with E-state index in [4.69, 9.17) is 4.74 Å². The highest BCUT2D eigenvalue weighted by molar-refractivity contribution is 14.1. The molecule has 1 fully saturated rings. The van der Waals surface area contributed by atoms with Crippen molar-refractivity contribution in [2.75, 3.05) is 35.3 Å². The zero-order valence-corrected chi connectivity index (χ0v) is 18.6. The SMILES string of the molecule is COc1ccc(C)cc1N(I)c1cc2c(c(C(F)(F)F)c1)N(C)[C@H]1CCNC[C@@H]21. The number of benzene rings is 2. The van der Waals surface area contributed by atoms with Gasteiger partial charge in [0.25, 0.3) is 0 Å². The average molecular weight is 517 g/mol. The number of alkyl halides is 3. The van der Waals surface area contributed by atoms with E-state index in [2.05, 4.69) is 28.2 Å². The molecule has 2 aromatic rings. The Hall–Kier alpha value is -1.68. The number of aryl methyl sites for hydroxylation is 1. The third-order valence-corrected chi connectivity index (χ3v) is 6.97. The molecule has 2 atom stereocenters. The topological polar surface area (TPSA) is 27.7 Å². The van der Waals surface area contributed by atoms with E-state index in [0.717, 1.165) is 29.8 Å². The summed E-state index contributed by atoms with van der Waals surface area (Å²) in [6.45, 7) is 3.47. The summed E-state index contributed by atoms with van der Waals surface area (Å²) in [6.07, 6.45) is -3.59. The van der Waals surface area contributed by atoms with Gasteiger partial charge >= 0.3 is 6.18 Å². The molecular weight excluding hydrogens is 494 g/mol. The van der Waals surface area contributed by atoms with Crippen molar-refractivity contribution in [2.45, 2.75) is 31.5 Å². The smallest absolute Gasteiger partial charge is 0.418 e. The van der Waals surface area contributed by atoms with Gasteiger partial charge in [-0.3, -0.25) is 3.11 Å². The van der Waals surface area contributed by atoms with Crippen LogP contribution < -0.4 is 18.1 Å². The molecule has 8 heteroatoms. The molecule has 0 unspecified atom stereocenters. The number of nitrogens with zero attached hydrogens (tertiary/aromatic N) is 2. The minimum Gasteiger partial charge on any atom is -0.495 e. The Morgan fingerprint density at radius 2 is 2.00 bits per heavy atom. The van der Waals surface area contributed by atoms with Crippen molar-refractivity contribution in [1.29, 1.82) is 0 Å². The van der Waals surface area contributed by atoms with Crippen LogP contribution in [-0.2, 0) is 6.18 Å². The number of likely N-dealkylation sites (N-methyl/N-ethyl adjacent to an activating group) is 1. The third-order valence-electron chi connectivity index (χ3n) is 5.90. The molecule has 0 amide bonds. The number of hydrogen-bond acceptors (Lipinski definition) is 4. The van der Waals surface area contributed by atoms with E-state index < -0.39 is 11.7 Å². The Bertz CT molecular complexity index is 934. The first-order chi connectivity index (χ1) is 13.7. The van der Waals surface area contributed by atoms with Crippen molar-refractivity contribution in [1.82, 2.24) is 5.32 Å². The van der Waals surface area contributed by atoms with Crippen LogP contribution in [0.15, 0.2) is 30.3 Å². The largest absolute Gasteiger partial charge is 0.495 e. The summed E-state index contributed by atoms with van der Waals surface area (Å²) in [5.41, 5.74) is 2.75. The molecule has 4 rings (SSSR count). The van der Waals surface area contributed by atoms with E-state index in [-0.39, 0.29) is 12.0 Å². The Labute approximate surface area is 182 Å².